The van der Waals surface area contributed by atoms with Gasteiger partial charge < -0.3 is 5.32 Å². The second kappa shape index (κ2) is 5.83. The number of benzene rings is 2. The molecule has 7 heteroatoms. The number of rotatable bonds is 4. The summed E-state index contributed by atoms with van der Waals surface area (Å²) in [7, 11) is 0. The maximum atomic E-state index is 13.6. The van der Waals surface area contributed by atoms with E-state index in [-0.39, 0.29) is 22.9 Å². The summed E-state index contributed by atoms with van der Waals surface area (Å²) >= 11 is 5.70. The van der Waals surface area contributed by atoms with Gasteiger partial charge >= 0.3 is 0 Å². The van der Waals surface area contributed by atoms with E-state index in [0.29, 0.717) is 5.56 Å². The predicted molar refractivity (Wildman–Crippen MR) is 71.8 cm³/mol. The lowest BCUT2D eigenvalue weighted by Crippen LogP contribution is -2.02. The Hall–Kier alpha value is -2.21. The van der Waals surface area contributed by atoms with Gasteiger partial charge in [-0.25, -0.2) is 8.78 Å². The van der Waals surface area contributed by atoms with Gasteiger partial charge in [-0.05, 0) is 29.8 Å². The molecule has 4 nitrogen and oxygen atoms in total. The zero-order valence-electron chi connectivity index (χ0n) is 10.1. The molecule has 20 heavy (non-hydrogen) atoms. The minimum absolute atomic E-state index is 0.0935. The van der Waals surface area contributed by atoms with Gasteiger partial charge in [-0.15, -0.1) is 0 Å². The Balaban J connectivity index is 2.12. The fraction of sp³-hybridized carbons (Fsp3) is 0.0769. The average molecular weight is 299 g/mol. The second-order valence-electron chi connectivity index (χ2n) is 4.05. The van der Waals surface area contributed by atoms with Gasteiger partial charge in [-0.1, -0.05) is 11.6 Å². The van der Waals surface area contributed by atoms with Crippen molar-refractivity contribution in [3.05, 3.63) is 68.7 Å². The van der Waals surface area contributed by atoms with E-state index in [4.69, 9.17) is 11.6 Å². The predicted octanol–water partition coefficient (Wildman–Crippen LogP) is 4.14. The molecule has 0 spiro atoms. The van der Waals surface area contributed by atoms with E-state index in [1.165, 1.54) is 18.2 Å². The van der Waals surface area contributed by atoms with Crippen molar-refractivity contribution in [2.24, 2.45) is 0 Å². The molecule has 0 unspecified atom stereocenters. The molecule has 2 rings (SSSR count). The summed E-state index contributed by atoms with van der Waals surface area (Å²) in [5.74, 6) is -1.24. The molecule has 0 radical (unpaired) electrons. The number of nitrogens with one attached hydrogen (secondary N) is 1. The van der Waals surface area contributed by atoms with Crippen LogP contribution in [-0.2, 0) is 6.54 Å². The monoisotopic (exact) mass is 298 g/mol. The van der Waals surface area contributed by atoms with Gasteiger partial charge in [0.15, 0.2) is 5.82 Å². The van der Waals surface area contributed by atoms with Crippen LogP contribution in [-0.4, -0.2) is 4.92 Å². The van der Waals surface area contributed by atoms with Crippen LogP contribution in [0.5, 0.6) is 0 Å². The highest BCUT2D eigenvalue weighted by atomic mass is 35.5. The van der Waals surface area contributed by atoms with Gasteiger partial charge in [0.25, 0.3) is 5.69 Å². The minimum atomic E-state index is -0.748. The smallest absolute Gasteiger partial charge is 0.272 e. The van der Waals surface area contributed by atoms with Crippen LogP contribution < -0.4 is 5.32 Å². The molecule has 0 saturated carbocycles. The number of non-ortho nitro benzene ring substituents is 1. The first-order valence-electron chi connectivity index (χ1n) is 5.58. The molecule has 0 amide bonds. The number of nitrogens with zero attached hydrogens (tertiary/aromatic N) is 1. The van der Waals surface area contributed by atoms with E-state index in [0.717, 1.165) is 12.1 Å². The molecule has 0 bridgehead atoms. The molecule has 0 aliphatic carbocycles. The first-order chi connectivity index (χ1) is 9.45. The van der Waals surface area contributed by atoms with Crippen molar-refractivity contribution in [3.63, 3.8) is 0 Å². The number of nitro groups is 1. The maximum absolute atomic E-state index is 13.6. The molecular weight excluding hydrogens is 290 g/mol. The minimum Gasteiger partial charge on any atom is -0.379 e. The SMILES string of the molecule is O=[N+]([O-])c1ccc(NCc2cc(F)cc(Cl)c2)c(F)c1. The summed E-state index contributed by atoms with van der Waals surface area (Å²) < 4.78 is 26.7. The Labute approximate surface area is 118 Å². The van der Waals surface area contributed by atoms with Crippen molar-refractivity contribution in [1.82, 2.24) is 0 Å². The van der Waals surface area contributed by atoms with Crippen LogP contribution >= 0.6 is 11.6 Å². The number of hydrogen-bond donors (Lipinski definition) is 1. The van der Waals surface area contributed by atoms with Crippen LogP contribution in [0.1, 0.15) is 5.56 Å². The van der Waals surface area contributed by atoms with E-state index in [2.05, 4.69) is 5.32 Å². The third-order valence-electron chi connectivity index (χ3n) is 2.57. The molecule has 104 valence electrons. The Morgan fingerprint density at radius 1 is 1.20 bits per heavy atom. The highest BCUT2D eigenvalue weighted by molar-refractivity contribution is 6.30. The Bertz CT molecular complexity index is 645. The molecule has 0 aromatic heterocycles. The standard InChI is InChI=1S/C13H9ClF2N2O2/c14-9-3-8(4-10(15)5-9)7-17-13-2-1-11(18(19)20)6-12(13)16/h1-6,17H,7H2. The summed E-state index contributed by atoms with van der Waals surface area (Å²) in [6, 6.07) is 7.24. The molecule has 0 aliphatic heterocycles. The van der Waals surface area contributed by atoms with Gasteiger partial charge in [-0.3, -0.25) is 10.1 Å². The van der Waals surface area contributed by atoms with Crippen molar-refractivity contribution in [1.29, 1.82) is 0 Å². The van der Waals surface area contributed by atoms with E-state index < -0.39 is 16.6 Å². The number of anilines is 1. The Morgan fingerprint density at radius 3 is 2.55 bits per heavy atom. The largest absolute Gasteiger partial charge is 0.379 e. The van der Waals surface area contributed by atoms with Crippen molar-refractivity contribution < 1.29 is 13.7 Å². The van der Waals surface area contributed by atoms with Crippen molar-refractivity contribution in [3.8, 4) is 0 Å². The van der Waals surface area contributed by atoms with Gasteiger partial charge in [0, 0.05) is 17.6 Å². The summed E-state index contributed by atoms with van der Waals surface area (Å²) in [6.07, 6.45) is 0. The number of nitro benzene ring substituents is 1. The zero-order valence-corrected chi connectivity index (χ0v) is 10.8. The normalized spacial score (nSPS) is 10.3. The van der Waals surface area contributed by atoms with Crippen LogP contribution in [0.4, 0.5) is 20.2 Å². The fourth-order valence-electron chi connectivity index (χ4n) is 1.67. The third-order valence-corrected chi connectivity index (χ3v) is 2.79. The number of halogens is 3. The molecule has 2 aromatic rings. The summed E-state index contributed by atoms with van der Waals surface area (Å²) in [5.41, 5.74) is 0.297. The van der Waals surface area contributed by atoms with Crippen LogP contribution in [0.2, 0.25) is 5.02 Å². The first-order valence-corrected chi connectivity index (χ1v) is 5.96. The van der Waals surface area contributed by atoms with E-state index in [9.17, 15) is 18.9 Å². The lowest BCUT2D eigenvalue weighted by atomic mass is 10.2. The van der Waals surface area contributed by atoms with E-state index >= 15 is 0 Å². The number of hydrogen-bond acceptors (Lipinski definition) is 3. The zero-order chi connectivity index (χ0) is 14.7. The molecular formula is C13H9ClF2N2O2. The van der Waals surface area contributed by atoms with Crippen molar-refractivity contribution >= 4 is 23.0 Å². The van der Waals surface area contributed by atoms with Crippen molar-refractivity contribution in [2.75, 3.05) is 5.32 Å². The topological polar surface area (TPSA) is 55.2 Å². The van der Waals surface area contributed by atoms with Crippen LogP contribution in [0.3, 0.4) is 0 Å². The van der Waals surface area contributed by atoms with Gasteiger partial charge in [0.05, 0.1) is 16.7 Å². The molecule has 0 atom stereocenters. The quantitative estimate of drug-likeness (QED) is 0.682. The highest BCUT2D eigenvalue weighted by Crippen LogP contribution is 2.21. The third kappa shape index (κ3) is 3.42. The molecule has 0 aliphatic rings. The molecule has 1 N–H and O–H groups in total. The summed E-state index contributed by atoms with van der Waals surface area (Å²) in [6.45, 7) is 0.145. The lowest BCUT2D eigenvalue weighted by Gasteiger charge is -2.08. The van der Waals surface area contributed by atoms with Gasteiger partial charge in [0.2, 0.25) is 0 Å². The lowest BCUT2D eigenvalue weighted by molar-refractivity contribution is -0.385. The van der Waals surface area contributed by atoms with Crippen molar-refractivity contribution in [2.45, 2.75) is 6.54 Å². The summed E-state index contributed by atoms with van der Waals surface area (Å²) in [4.78, 5) is 9.80. The summed E-state index contributed by atoms with van der Waals surface area (Å²) in [5, 5.41) is 13.4. The molecule has 0 saturated heterocycles. The maximum Gasteiger partial charge on any atom is 0.272 e. The molecule has 0 fully saturated rings. The second-order valence-corrected chi connectivity index (χ2v) is 4.49. The first kappa shape index (κ1) is 14.2. The fourth-order valence-corrected chi connectivity index (χ4v) is 1.92. The van der Waals surface area contributed by atoms with Gasteiger partial charge in [-0.2, -0.15) is 0 Å². The van der Waals surface area contributed by atoms with Crippen LogP contribution in [0, 0.1) is 21.7 Å². The van der Waals surface area contributed by atoms with Crippen LogP contribution in [0.25, 0.3) is 0 Å². The average Bonchev–Trinajstić information content (AvgIpc) is 2.36. The highest BCUT2D eigenvalue weighted by Gasteiger charge is 2.10. The van der Waals surface area contributed by atoms with E-state index in [1.807, 2.05) is 0 Å². The van der Waals surface area contributed by atoms with Gasteiger partial charge in [0.1, 0.15) is 5.82 Å². The Kier molecular flexibility index (Phi) is 4.14. The van der Waals surface area contributed by atoms with Crippen LogP contribution in [0.15, 0.2) is 36.4 Å². The molecule has 0 heterocycles. The van der Waals surface area contributed by atoms with E-state index in [1.54, 1.807) is 6.07 Å². The molecule has 2 aromatic carbocycles. The Morgan fingerprint density at radius 2 is 1.95 bits per heavy atom.